The van der Waals surface area contributed by atoms with Crippen molar-refractivity contribution in [2.45, 2.75) is 63.7 Å². The summed E-state index contributed by atoms with van der Waals surface area (Å²) in [6.45, 7) is 8.52. The van der Waals surface area contributed by atoms with Crippen LogP contribution in [0.5, 0.6) is 0 Å². The number of hydrogen-bond acceptors (Lipinski definition) is 8. The lowest BCUT2D eigenvalue weighted by molar-refractivity contribution is -0.128. The Morgan fingerprint density at radius 2 is 1.65 bits per heavy atom. The van der Waals surface area contributed by atoms with Crippen molar-refractivity contribution < 1.29 is 28.3 Å². The Hall–Kier alpha value is -4.46. The summed E-state index contributed by atoms with van der Waals surface area (Å²) < 4.78 is 28.9. The number of nitrogens with two attached hydrogens (primary N) is 1. The summed E-state index contributed by atoms with van der Waals surface area (Å²) >= 11 is 0. The molecule has 3 amide bonds. The van der Waals surface area contributed by atoms with Gasteiger partial charge in [0.15, 0.2) is 0 Å². The van der Waals surface area contributed by atoms with Gasteiger partial charge in [0.05, 0.1) is 23.3 Å². The zero-order chi connectivity index (χ0) is 35.7. The molecule has 49 heavy (non-hydrogen) atoms. The normalized spacial score (nSPS) is 15.8. The van der Waals surface area contributed by atoms with E-state index in [-0.39, 0.29) is 42.3 Å². The number of nitrogen functional groups attached to an aromatic ring is 1. The first-order valence-corrected chi connectivity index (χ1v) is 17.9. The number of anilines is 1. The highest BCUT2D eigenvalue weighted by Gasteiger charge is 2.40. The number of urea groups is 1. The van der Waals surface area contributed by atoms with E-state index >= 15 is 0 Å². The number of nitrogens with zero attached hydrogens (tertiary/aromatic N) is 4. The van der Waals surface area contributed by atoms with Gasteiger partial charge in [-0.15, -0.1) is 0 Å². The van der Waals surface area contributed by atoms with Crippen LogP contribution in [0.25, 0.3) is 0 Å². The van der Waals surface area contributed by atoms with Crippen LogP contribution in [0.3, 0.4) is 0 Å². The van der Waals surface area contributed by atoms with E-state index < -0.39 is 34.1 Å². The molecule has 0 radical (unpaired) electrons. The van der Waals surface area contributed by atoms with Crippen LogP contribution in [0.2, 0.25) is 0 Å². The summed E-state index contributed by atoms with van der Waals surface area (Å²) in [6.07, 6.45) is 0.138. The molecule has 3 atom stereocenters. The van der Waals surface area contributed by atoms with E-state index in [4.69, 9.17) is 10.9 Å². The number of rotatable bonds is 16. The van der Waals surface area contributed by atoms with E-state index in [0.29, 0.717) is 30.9 Å². The largest absolute Gasteiger partial charge is 0.411 e. The van der Waals surface area contributed by atoms with Crippen LogP contribution in [-0.2, 0) is 27.8 Å². The van der Waals surface area contributed by atoms with Crippen molar-refractivity contribution in [1.29, 1.82) is 0 Å². The molecule has 0 aliphatic carbocycles. The third kappa shape index (κ3) is 9.80. The molecular weight excluding hydrogens is 644 g/mol. The number of carbonyl (C=O) groups excluding carboxylic acids is 2. The van der Waals surface area contributed by atoms with Crippen molar-refractivity contribution in [3.63, 3.8) is 0 Å². The smallest absolute Gasteiger partial charge is 0.321 e. The number of sulfonamides is 1. The second kappa shape index (κ2) is 16.8. The molecule has 5 N–H and O–H groups in total. The van der Waals surface area contributed by atoms with Gasteiger partial charge >= 0.3 is 6.03 Å². The van der Waals surface area contributed by atoms with Crippen LogP contribution >= 0.6 is 0 Å². The molecule has 3 aromatic carbocycles. The van der Waals surface area contributed by atoms with Crippen LogP contribution in [-0.4, -0.2) is 95.4 Å². The van der Waals surface area contributed by atoms with E-state index in [2.05, 4.69) is 10.5 Å². The van der Waals surface area contributed by atoms with Crippen molar-refractivity contribution >= 4 is 33.9 Å². The Labute approximate surface area is 289 Å². The molecule has 3 aromatic rings. The topological polar surface area (TPSA) is 169 Å². The molecule has 12 nitrogen and oxygen atoms in total. The second-order valence-electron chi connectivity index (χ2n) is 13.2. The standard InChI is InChI=1S/C36H48N6O6S/c1-25(2)22-41(49(47,48)31-15-13-28(14-16-31)21-38-46)24-33(43)32(20-27-9-6-5-7-10-27)39-35(44)34(26(3)4)42-18-17-40(36(42)45)23-29-11-8-12-30(37)19-29/h5-16,19,21,25-26,32-34,43,46H,17-18,20,22-24,37H2,1-4H3,(H,39,44)/b38-21+/t32?,33?,34-/m0/s1. The number of aliphatic hydroxyl groups excluding tert-OH is 1. The summed E-state index contributed by atoms with van der Waals surface area (Å²) in [4.78, 5) is 31.0. The van der Waals surface area contributed by atoms with Gasteiger partial charge in [-0.3, -0.25) is 4.79 Å². The maximum atomic E-state index is 14.1. The maximum Gasteiger partial charge on any atom is 0.321 e. The van der Waals surface area contributed by atoms with E-state index in [1.807, 2.05) is 76.2 Å². The highest BCUT2D eigenvalue weighted by molar-refractivity contribution is 7.89. The highest BCUT2D eigenvalue weighted by atomic mass is 32.2. The first-order chi connectivity index (χ1) is 23.3. The molecule has 0 saturated carbocycles. The summed E-state index contributed by atoms with van der Waals surface area (Å²) in [5, 5.41) is 26.6. The zero-order valence-corrected chi connectivity index (χ0v) is 29.3. The van der Waals surface area contributed by atoms with Crippen molar-refractivity contribution in [3.05, 3.63) is 95.6 Å². The van der Waals surface area contributed by atoms with Gasteiger partial charge in [0.1, 0.15) is 6.04 Å². The Morgan fingerprint density at radius 1 is 0.980 bits per heavy atom. The fourth-order valence-electron chi connectivity index (χ4n) is 6.10. The third-order valence-electron chi connectivity index (χ3n) is 8.46. The lowest BCUT2D eigenvalue weighted by Gasteiger charge is -2.34. The molecule has 1 saturated heterocycles. The first kappa shape index (κ1) is 37.4. The third-order valence-corrected chi connectivity index (χ3v) is 10.3. The van der Waals surface area contributed by atoms with Crippen molar-refractivity contribution in [1.82, 2.24) is 19.4 Å². The van der Waals surface area contributed by atoms with Gasteiger partial charge in [0, 0.05) is 38.4 Å². The van der Waals surface area contributed by atoms with E-state index in [0.717, 1.165) is 11.1 Å². The number of oxime groups is 1. The Morgan fingerprint density at radius 3 is 2.27 bits per heavy atom. The predicted molar refractivity (Wildman–Crippen MR) is 189 cm³/mol. The minimum atomic E-state index is -4.06. The van der Waals surface area contributed by atoms with Gasteiger partial charge in [-0.1, -0.05) is 87.4 Å². The van der Waals surface area contributed by atoms with E-state index in [1.165, 1.54) is 34.8 Å². The van der Waals surface area contributed by atoms with E-state index in [1.54, 1.807) is 15.9 Å². The van der Waals surface area contributed by atoms with Gasteiger partial charge in [-0.2, -0.15) is 4.31 Å². The fraction of sp³-hybridized carbons (Fsp3) is 0.417. The number of nitrogens with one attached hydrogen (secondary N) is 1. The molecule has 0 aromatic heterocycles. The number of amides is 3. The second-order valence-corrected chi connectivity index (χ2v) is 15.2. The Balaban J connectivity index is 1.57. The minimum Gasteiger partial charge on any atom is -0.411 e. The van der Waals surface area contributed by atoms with Crippen LogP contribution < -0.4 is 11.1 Å². The van der Waals surface area contributed by atoms with Gasteiger partial charge < -0.3 is 31.2 Å². The average molecular weight is 693 g/mol. The quantitative estimate of drug-likeness (QED) is 0.0767. The summed E-state index contributed by atoms with van der Waals surface area (Å²) in [5.74, 6) is -0.734. The lowest BCUT2D eigenvalue weighted by atomic mass is 9.97. The maximum absolute atomic E-state index is 14.1. The first-order valence-electron chi connectivity index (χ1n) is 16.5. The summed E-state index contributed by atoms with van der Waals surface area (Å²) in [7, 11) is -4.06. The van der Waals surface area contributed by atoms with Crippen molar-refractivity contribution in [2.24, 2.45) is 17.0 Å². The molecule has 13 heteroatoms. The number of benzene rings is 3. The monoisotopic (exact) mass is 692 g/mol. The van der Waals surface area contributed by atoms with Crippen LogP contribution in [0.1, 0.15) is 44.4 Å². The molecule has 0 spiro atoms. The fourth-order valence-corrected chi connectivity index (χ4v) is 7.72. The predicted octanol–water partition coefficient (Wildman–Crippen LogP) is 3.77. The average Bonchev–Trinajstić information content (AvgIpc) is 3.39. The van der Waals surface area contributed by atoms with Crippen LogP contribution in [0, 0.1) is 11.8 Å². The van der Waals surface area contributed by atoms with Gasteiger partial charge in [-0.25, -0.2) is 13.2 Å². The SMILES string of the molecule is CC(C)CN(CC(O)C(Cc1ccccc1)NC(=O)[C@H](C(C)C)N1CCN(Cc2cccc(N)c2)C1=O)S(=O)(=O)c1ccc(/C=N/O)cc1. The number of aliphatic hydroxyl groups is 1. The Bertz CT molecular complexity index is 1680. The lowest BCUT2D eigenvalue weighted by Crippen LogP contribution is -2.57. The Kier molecular flexibility index (Phi) is 12.8. The van der Waals surface area contributed by atoms with Gasteiger partial charge in [0.2, 0.25) is 15.9 Å². The molecule has 2 unspecified atom stereocenters. The highest BCUT2D eigenvalue weighted by Crippen LogP contribution is 2.23. The van der Waals surface area contributed by atoms with Crippen molar-refractivity contribution in [3.8, 4) is 0 Å². The molecule has 1 heterocycles. The molecule has 264 valence electrons. The van der Waals surface area contributed by atoms with Crippen LogP contribution in [0.4, 0.5) is 10.5 Å². The number of hydrogen-bond donors (Lipinski definition) is 4. The van der Waals surface area contributed by atoms with E-state index in [9.17, 15) is 23.1 Å². The summed E-state index contributed by atoms with van der Waals surface area (Å²) in [6, 6.07) is 20.6. The van der Waals surface area contributed by atoms with Gasteiger partial charge in [0.25, 0.3) is 0 Å². The molecular formula is C36H48N6O6S. The number of carbonyl (C=O) groups is 2. The molecule has 4 rings (SSSR count). The van der Waals surface area contributed by atoms with Gasteiger partial charge in [-0.05, 0) is 59.2 Å². The molecule has 1 aliphatic heterocycles. The molecule has 1 fully saturated rings. The molecule has 1 aliphatic rings. The molecule has 0 bridgehead atoms. The zero-order valence-electron chi connectivity index (χ0n) is 28.5. The van der Waals surface area contributed by atoms with Crippen LogP contribution in [0.15, 0.2) is 88.9 Å². The summed E-state index contributed by atoms with van der Waals surface area (Å²) in [5.41, 5.74) is 8.80. The van der Waals surface area contributed by atoms with Crippen molar-refractivity contribution in [2.75, 3.05) is 31.9 Å². The minimum absolute atomic E-state index is 0.0224.